The molecule has 0 aliphatic heterocycles. The molecule has 0 bridgehead atoms. The Labute approximate surface area is 115 Å². The molecule has 0 heterocycles. The Morgan fingerprint density at radius 2 is 2.06 bits per heavy atom. The van der Waals surface area contributed by atoms with Gasteiger partial charge in [0.2, 0.25) is 0 Å². The van der Waals surface area contributed by atoms with E-state index < -0.39 is 23.7 Å². The Balaban J connectivity index is 4.25. The number of alkyl carbamates (subject to hydrolysis) is 1. The van der Waals surface area contributed by atoms with Crippen LogP contribution < -0.4 is 5.32 Å². The van der Waals surface area contributed by atoms with E-state index >= 15 is 0 Å². The van der Waals surface area contributed by atoms with Crippen LogP contribution in [0.15, 0.2) is 12.7 Å². The van der Waals surface area contributed by atoms with Crippen LogP contribution in [-0.2, 0) is 14.3 Å². The molecule has 6 heteroatoms. The van der Waals surface area contributed by atoms with Gasteiger partial charge in [0.05, 0.1) is 0 Å². The van der Waals surface area contributed by atoms with Crippen molar-refractivity contribution < 1.29 is 19.1 Å². The van der Waals surface area contributed by atoms with Crippen LogP contribution in [0.25, 0.3) is 0 Å². The fourth-order valence-electron chi connectivity index (χ4n) is 0.852. The van der Waals surface area contributed by atoms with Crippen molar-refractivity contribution >= 4 is 34.7 Å². The zero-order valence-corrected chi connectivity index (χ0v) is 12.4. The van der Waals surface area contributed by atoms with Crippen molar-refractivity contribution in [3.63, 3.8) is 0 Å². The molecular weight excluding hydrogens is 337 g/mol. The standard InChI is InChI=1S/C11H18INO4/c1-5-6-16-9(14)8(7-12)13-10(15)17-11(2,3)4/h5,8H,1,6-7H2,2-4H3,(H,13,15)/t8-/m1/s1. The quantitative estimate of drug-likeness (QED) is 0.355. The van der Waals surface area contributed by atoms with Gasteiger partial charge in [-0.25, -0.2) is 9.59 Å². The minimum atomic E-state index is -0.703. The number of amides is 1. The Kier molecular flexibility index (Phi) is 7.17. The first-order chi connectivity index (χ1) is 7.80. The molecule has 0 aromatic carbocycles. The van der Waals surface area contributed by atoms with Crippen LogP contribution in [0.3, 0.4) is 0 Å². The van der Waals surface area contributed by atoms with Gasteiger partial charge in [0.1, 0.15) is 18.2 Å². The lowest BCUT2D eigenvalue weighted by Gasteiger charge is -2.22. The number of halogens is 1. The number of hydrogen-bond donors (Lipinski definition) is 1. The second-order valence-electron chi connectivity index (χ2n) is 4.27. The third kappa shape index (κ3) is 8.00. The summed E-state index contributed by atoms with van der Waals surface area (Å²) in [5.74, 6) is -0.495. The summed E-state index contributed by atoms with van der Waals surface area (Å²) in [6.07, 6.45) is 0.838. The molecule has 0 aromatic heterocycles. The third-order valence-corrected chi connectivity index (χ3v) is 2.35. The molecule has 0 aliphatic rings. The van der Waals surface area contributed by atoms with Crippen LogP contribution >= 0.6 is 22.6 Å². The molecule has 0 spiro atoms. The summed E-state index contributed by atoms with van der Waals surface area (Å²) in [7, 11) is 0. The number of carbonyl (C=O) groups excluding carboxylic acids is 2. The first-order valence-electron chi connectivity index (χ1n) is 5.13. The molecule has 1 N–H and O–H groups in total. The molecule has 17 heavy (non-hydrogen) atoms. The number of hydrogen-bond acceptors (Lipinski definition) is 4. The van der Waals surface area contributed by atoms with E-state index in [1.807, 2.05) is 22.6 Å². The highest BCUT2D eigenvalue weighted by Gasteiger charge is 2.24. The zero-order valence-electron chi connectivity index (χ0n) is 10.3. The van der Waals surface area contributed by atoms with Crippen LogP contribution in [0.2, 0.25) is 0 Å². The van der Waals surface area contributed by atoms with Gasteiger partial charge in [-0.2, -0.15) is 0 Å². The lowest BCUT2D eigenvalue weighted by molar-refractivity contribution is -0.144. The van der Waals surface area contributed by atoms with E-state index in [1.165, 1.54) is 6.08 Å². The molecule has 0 unspecified atom stereocenters. The van der Waals surface area contributed by atoms with Gasteiger partial charge in [0.25, 0.3) is 0 Å². The van der Waals surface area contributed by atoms with Crippen LogP contribution in [0.4, 0.5) is 4.79 Å². The molecule has 98 valence electrons. The number of alkyl halides is 1. The van der Waals surface area contributed by atoms with Gasteiger partial charge >= 0.3 is 12.1 Å². The topological polar surface area (TPSA) is 64.6 Å². The van der Waals surface area contributed by atoms with Gasteiger partial charge in [0.15, 0.2) is 0 Å². The van der Waals surface area contributed by atoms with Gasteiger partial charge in [-0.15, -0.1) is 0 Å². The Morgan fingerprint density at radius 1 is 1.47 bits per heavy atom. The van der Waals surface area contributed by atoms with Gasteiger partial charge < -0.3 is 14.8 Å². The van der Waals surface area contributed by atoms with Crippen LogP contribution in [0.1, 0.15) is 20.8 Å². The monoisotopic (exact) mass is 355 g/mol. The maximum atomic E-state index is 11.5. The van der Waals surface area contributed by atoms with Gasteiger partial charge in [0, 0.05) is 4.43 Å². The molecule has 1 amide bonds. The highest BCUT2D eigenvalue weighted by atomic mass is 127. The first-order valence-corrected chi connectivity index (χ1v) is 6.65. The lowest BCUT2D eigenvalue weighted by Crippen LogP contribution is -2.45. The molecule has 0 saturated carbocycles. The van der Waals surface area contributed by atoms with Crippen molar-refractivity contribution in [1.29, 1.82) is 0 Å². The summed E-state index contributed by atoms with van der Waals surface area (Å²) in [4.78, 5) is 22.9. The number of nitrogens with one attached hydrogen (secondary N) is 1. The van der Waals surface area contributed by atoms with E-state index in [0.29, 0.717) is 4.43 Å². The number of esters is 1. The third-order valence-electron chi connectivity index (χ3n) is 1.47. The minimum absolute atomic E-state index is 0.127. The second-order valence-corrected chi connectivity index (χ2v) is 5.15. The van der Waals surface area contributed by atoms with E-state index in [1.54, 1.807) is 20.8 Å². The Morgan fingerprint density at radius 3 is 2.47 bits per heavy atom. The molecule has 0 fully saturated rings. The van der Waals surface area contributed by atoms with E-state index in [9.17, 15) is 9.59 Å². The molecule has 0 aromatic rings. The molecule has 0 saturated heterocycles. The summed E-state index contributed by atoms with van der Waals surface area (Å²) in [5.41, 5.74) is -0.592. The van der Waals surface area contributed by atoms with Crippen molar-refractivity contribution in [2.75, 3.05) is 11.0 Å². The summed E-state index contributed by atoms with van der Waals surface area (Å²) < 4.78 is 10.3. The Hall–Kier alpha value is -0.790. The molecule has 5 nitrogen and oxygen atoms in total. The smallest absolute Gasteiger partial charge is 0.408 e. The van der Waals surface area contributed by atoms with Crippen molar-refractivity contribution in [1.82, 2.24) is 5.32 Å². The van der Waals surface area contributed by atoms with Crippen molar-refractivity contribution in [2.24, 2.45) is 0 Å². The average Bonchev–Trinajstić information content (AvgIpc) is 2.19. The van der Waals surface area contributed by atoms with E-state index in [2.05, 4.69) is 11.9 Å². The highest BCUT2D eigenvalue weighted by Crippen LogP contribution is 2.07. The maximum absolute atomic E-state index is 11.5. The zero-order chi connectivity index (χ0) is 13.5. The Bertz CT molecular complexity index is 286. The summed E-state index contributed by atoms with van der Waals surface area (Å²) in [6, 6.07) is -0.703. The summed E-state index contributed by atoms with van der Waals surface area (Å²) in [6.45, 7) is 8.82. The van der Waals surface area contributed by atoms with Crippen molar-refractivity contribution in [2.45, 2.75) is 32.4 Å². The van der Waals surface area contributed by atoms with Crippen molar-refractivity contribution in [3.8, 4) is 0 Å². The maximum Gasteiger partial charge on any atom is 0.408 e. The normalized spacial score (nSPS) is 12.5. The highest BCUT2D eigenvalue weighted by molar-refractivity contribution is 14.1. The van der Waals surface area contributed by atoms with Crippen LogP contribution in [0, 0.1) is 0 Å². The van der Waals surface area contributed by atoms with Gasteiger partial charge in [-0.1, -0.05) is 35.2 Å². The average molecular weight is 355 g/mol. The summed E-state index contributed by atoms with van der Waals surface area (Å²) >= 11 is 1.99. The van der Waals surface area contributed by atoms with E-state index in [0.717, 1.165) is 0 Å². The molecule has 0 aliphatic carbocycles. The minimum Gasteiger partial charge on any atom is -0.460 e. The molecular formula is C11H18INO4. The lowest BCUT2D eigenvalue weighted by atomic mass is 10.2. The number of carbonyl (C=O) groups is 2. The second kappa shape index (κ2) is 7.52. The molecule has 1 atom stereocenters. The van der Waals surface area contributed by atoms with Crippen molar-refractivity contribution in [3.05, 3.63) is 12.7 Å². The molecule has 0 rings (SSSR count). The fraction of sp³-hybridized carbons (Fsp3) is 0.636. The number of ether oxygens (including phenoxy) is 2. The predicted octanol–water partition coefficient (Wildman–Crippen LogP) is 2.04. The van der Waals surface area contributed by atoms with E-state index in [-0.39, 0.29) is 6.61 Å². The molecule has 0 radical (unpaired) electrons. The predicted molar refractivity (Wildman–Crippen MR) is 73.2 cm³/mol. The van der Waals surface area contributed by atoms with Gasteiger partial charge in [-0.05, 0) is 20.8 Å². The first kappa shape index (κ1) is 16.2. The van der Waals surface area contributed by atoms with Crippen LogP contribution in [-0.4, -0.2) is 34.7 Å². The van der Waals surface area contributed by atoms with Crippen LogP contribution in [0.5, 0.6) is 0 Å². The van der Waals surface area contributed by atoms with Gasteiger partial charge in [-0.3, -0.25) is 0 Å². The fourth-order valence-corrected chi connectivity index (χ4v) is 1.43. The number of rotatable bonds is 5. The SMILES string of the molecule is C=CCOC(=O)[C@@H](CI)NC(=O)OC(C)(C)C. The summed E-state index contributed by atoms with van der Waals surface area (Å²) in [5, 5.41) is 2.45. The van der Waals surface area contributed by atoms with E-state index in [4.69, 9.17) is 9.47 Å². The largest absolute Gasteiger partial charge is 0.460 e.